The average molecular weight is 242 g/mol. The number of para-hydroxylation sites is 1. The van der Waals surface area contributed by atoms with Gasteiger partial charge in [0.15, 0.2) is 5.58 Å². The largest absolute Gasteiger partial charge is 0.507 e. The number of phenols is 1. The Kier molecular flexibility index (Phi) is 2.16. The van der Waals surface area contributed by atoms with Crippen LogP contribution in [0.4, 0.5) is 5.95 Å². The molecule has 90 valence electrons. The Bertz CT molecular complexity index is 736. The summed E-state index contributed by atoms with van der Waals surface area (Å²) in [4.78, 5) is 12.2. The Balaban J connectivity index is 2.26. The first-order valence-corrected chi connectivity index (χ1v) is 5.34. The molecule has 0 fully saturated rings. The molecule has 3 rings (SSSR count). The molecule has 2 heterocycles. The number of oxazole rings is 1. The number of hydrogen-bond donors (Lipinski definition) is 2. The minimum absolute atomic E-state index is 0.0997. The van der Waals surface area contributed by atoms with Gasteiger partial charge in [-0.15, -0.1) is 0 Å². The van der Waals surface area contributed by atoms with Gasteiger partial charge < -0.3 is 15.3 Å². The van der Waals surface area contributed by atoms with Gasteiger partial charge in [0.05, 0.1) is 11.3 Å². The van der Waals surface area contributed by atoms with Crippen LogP contribution in [0.5, 0.6) is 5.75 Å². The van der Waals surface area contributed by atoms with E-state index in [2.05, 4.69) is 15.0 Å². The highest BCUT2D eigenvalue weighted by Crippen LogP contribution is 2.30. The Morgan fingerprint density at radius 2 is 1.94 bits per heavy atom. The van der Waals surface area contributed by atoms with Gasteiger partial charge >= 0.3 is 0 Å². The van der Waals surface area contributed by atoms with Gasteiger partial charge in [0.25, 0.3) is 0 Å². The van der Waals surface area contributed by atoms with Gasteiger partial charge in [0, 0.05) is 0 Å². The molecule has 0 radical (unpaired) electrons. The first-order valence-electron chi connectivity index (χ1n) is 5.34. The molecule has 3 aromatic rings. The number of nitrogens with zero attached hydrogens (tertiary/aromatic N) is 3. The SMILES string of the molecule is Cc1nc(N)nc2nc(-c3ccccc3O)oc12. The van der Waals surface area contributed by atoms with E-state index in [-0.39, 0.29) is 11.7 Å². The third-order valence-electron chi connectivity index (χ3n) is 2.58. The van der Waals surface area contributed by atoms with E-state index in [1.54, 1.807) is 31.2 Å². The predicted octanol–water partition coefficient (Wildman–Crippen LogP) is 1.88. The van der Waals surface area contributed by atoms with Crippen molar-refractivity contribution in [1.82, 2.24) is 15.0 Å². The molecule has 0 spiro atoms. The lowest BCUT2D eigenvalue weighted by atomic mass is 10.2. The summed E-state index contributed by atoms with van der Waals surface area (Å²) in [5, 5.41) is 9.75. The number of rotatable bonds is 1. The zero-order valence-corrected chi connectivity index (χ0v) is 9.58. The van der Waals surface area contributed by atoms with Gasteiger partial charge in [-0.3, -0.25) is 0 Å². The molecule has 0 unspecified atom stereocenters. The van der Waals surface area contributed by atoms with E-state index in [0.717, 1.165) is 0 Å². The summed E-state index contributed by atoms with van der Waals surface area (Å²) >= 11 is 0. The number of hydrogen-bond acceptors (Lipinski definition) is 6. The third kappa shape index (κ3) is 1.55. The second kappa shape index (κ2) is 3.69. The number of nitrogens with two attached hydrogens (primary N) is 1. The fourth-order valence-electron chi connectivity index (χ4n) is 1.75. The molecule has 6 heteroatoms. The van der Waals surface area contributed by atoms with Crippen LogP contribution in [-0.2, 0) is 0 Å². The molecule has 6 nitrogen and oxygen atoms in total. The van der Waals surface area contributed by atoms with E-state index in [0.29, 0.717) is 28.4 Å². The van der Waals surface area contributed by atoms with Gasteiger partial charge in [0.2, 0.25) is 17.5 Å². The van der Waals surface area contributed by atoms with Crippen molar-refractivity contribution in [2.45, 2.75) is 6.92 Å². The van der Waals surface area contributed by atoms with Gasteiger partial charge in [-0.25, -0.2) is 4.98 Å². The molecule has 0 aliphatic carbocycles. The second-order valence-corrected chi connectivity index (χ2v) is 3.86. The summed E-state index contributed by atoms with van der Waals surface area (Å²) in [6.07, 6.45) is 0. The maximum Gasteiger partial charge on any atom is 0.232 e. The zero-order chi connectivity index (χ0) is 12.7. The molecular formula is C12H10N4O2. The maximum atomic E-state index is 9.75. The Morgan fingerprint density at radius 3 is 2.72 bits per heavy atom. The van der Waals surface area contributed by atoms with E-state index < -0.39 is 0 Å². The number of aromatic hydroxyl groups is 1. The summed E-state index contributed by atoms with van der Waals surface area (Å²) in [6.45, 7) is 1.76. The highest BCUT2D eigenvalue weighted by atomic mass is 16.4. The van der Waals surface area contributed by atoms with E-state index >= 15 is 0 Å². The van der Waals surface area contributed by atoms with Crippen molar-refractivity contribution >= 4 is 17.2 Å². The van der Waals surface area contributed by atoms with Crippen LogP contribution in [0.25, 0.3) is 22.7 Å². The van der Waals surface area contributed by atoms with Crippen molar-refractivity contribution in [3.8, 4) is 17.2 Å². The summed E-state index contributed by atoms with van der Waals surface area (Å²) in [5.41, 5.74) is 7.54. The number of benzene rings is 1. The van der Waals surface area contributed by atoms with Crippen LogP contribution in [0, 0.1) is 6.92 Å². The molecule has 0 aliphatic rings. The first-order chi connectivity index (χ1) is 8.65. The highest BCUT2D eigenvalue weighted by molar-refractivity contribution is 5.76. The lowest BCUT2D eigenvalue weighted by Crippen LogP contribution is -1.96. The quantitative estimate of drug-likeness (QED) is 0.676. The maximum absolute atomic E-state index is 9.75. The number of nitrogen functional groups attached to an aromatic ring is 1. The molecule has 3 N–H and O–H groups in total. The number of aromatic nitrogens is 3. The van der Waals surface area contributed by atoms with Crippen molar-refractivity contribution in [2.75, 3.05) is 5.73 Å². The minimum atomic E-state index is 0.0997. The molecule has 18 heavy (non-hydrogen) atoms. The lowest BCUT2D eigenvalue weighted by molar-refractivity contribution is 0.474. The number of anilines is 1. The number of phenolic OH excluding ortho intramolecular Hbond substituents is 1. The van der Waals surface area contributed by atoms with Crippen LogP contribution in [0.1, 0.15) is 5.69 Å². The smallest absolute Gasteiger partial charge is 0.232 e. The molecule has 0 bridgehead atoms. The van der Waals surface area contributed by atoms with Crippen LogP contribution in [0.15, 0.2) is 28.7 Å². The van der Waals surface area contributed by atoms with E-state index in [1.807, 2.05) is 0 Å². The fourth-order valence-corrected chi connectivity index (χ4v) is 1.75. The van der Waals surface area contributed by atoms with Crippen molar-refractivity contribution in [3.05, 3.63) is 30.0 Å². The summed E-state index contributed by atoms with van der Waals surface area (Å²) in [7, 11) is 0. The van der Waals surface area contributed by atoms with Crippen molar-refractivity contribution < 1.29 is 9.52 Å². The molecule has 2 aromatic heterocycles. The summed E-state index contributed by atoms with van der Waals surface area (Å²) < 4.78 is 5.57. The highest BCUT2D eigenvalue weighted by Gasteiger charge is 2.15. The Hall–Kier alpha value is -2.63. The molecular weight excluding hydrogens is 232 g/mol. The fraction of sp³-hybridized carbons (Fsp3) is 0.0833. The van der Waals surface area contributed by atoms with Crippen LogP contribution in [0.3, 0.4) is 0 Å². The molecule has 1 aromatic carbocycles. The summed E-state index contributed by atoms with van der Waals surface area (Å²) in [5.74, 6) is 0.547. The van der Waals surface area contributed by atoms with E-state index in [1.165, 1.54) is 0 Å². The second-order valence-electron chi connectivity index (χ2n) is 3.86. The monoisotopic (exact) mass is 242 g/mol. The Labute approximate surface area is 102 Å². The van der Waals surface area contributed by atoms with Crippen molar-refractivity contribution in [1.29, 1.82) is 0 Å². The first kappa shape index (κ1) is 10.5. The van der Waals surface area contributed by atoms with Gasteiger partial charge in [-0.1, -0.05) is 12.1 Å². The minimum Gasteiger partial charge on any atom is -0.507 e. The van der Waals surface area contributed by atoms with Crippen LogP contribution in [-0.4, -0.2) is 20.1 Å². The molecule has 0 amide bonds. The zero-order valence-electron chi connectivity index (χ0n) is 9.58. The van der Waals surface area contributed by atoms with E-state index in [4.69, 9.17) is 10.2 Å². The van der Waals surface area contributed by atoms with E-state index in [9.17, 15) is 5.11 Å². The summed E-state index contributed by atoms with van der Waals surface area (Å²) in [6, 6.07) is 6.80. The van der Waals surface area contributed by atoms with Gasteiger partial charge in [-0.2, -0.15) is 9.97 Å². The molecule has 0 aliphatic heterocycles. The Morgan fingerprint density at radius 1 is 1.17 bits per heavy atom. The average Bonchev–Trinajstić information content (AvgIpc) is 2.73. The van der Waals surface area contributed by atoms with Crippen molar-refractivity contribution in [2.24, 2.45) is 0 Å². The standard InChI is InChI=1S/C12H10N4O2/c1-6-9-10(16-12(13)14-6)15-11(18-9)7-4-2-3-5-8(7)17/h2-5,17H,1H3,(H2,13,14,16). The van der Waals surface area contributed by atoms with Crippen LogP contribution in [0.2, 0.25) is 0 Å². The normalized spacial score (nSPS) is 10.9. The number of aryl methyl sites for hydroxylation is 1. The molecule has 0 atom stereocenters. The van der Waals surface area contributed by atoms with Gasteiger partial charge in [-0.05, 0) is 19.1 Å². The van der Waals surface area contributed by atoms with Gasteiger partial charge in [0.1, 0.15) is 5.75 Å². The third-order valence-corrected chi connectivity index (χ3v) is 2.58. The van der Waals surface area contributed by atoms with Crippen LogP contribution >= 0.6 is 0 Å². The van der Waals surface area contributed by atoms with Crippen LogP contribution < -0.4 is 5.73 Å². The number of fused-ring (bicyclic) bond motifs is 1. The topological polar surface area (TPSA) is 98.1 Å². The van der Waals surface area contributed by atoms with Crippen molar-refractivity contribution in [3.63, 3.8) is 0 Å². The lowest BCUT2D eigenvalue weighted by Gasteiger charge is -1.97. The predicted molar refractivity (Wildman–Crippen MR) is 65.8 cm³/mol. The molecule has 0 saturated heterocycles. The molecule has 0 saturated carbocycles.